The van der Waals surface area contributed by atoms with Gasteiger partial charge in [-0.3, -0.25) is 0 Å². The van der Waals surface area contributed by atoms with Crippen LogP contribution in [0.15, 0.2) is 36.4 Å². The molecule has 61 valence electrons. The molecule has 0 fully saturated rings. The van der Waals surface area contributed by atoms with E-state index in [1.54, 1.807) is 0 Å². The molecule has 1 aliphatic carbocycles. The number of hydrogen-bond donors (Lipinski definition) is 0. The summed E-state index contributed by atoms with van der Waals surface area (Å²) in [7, 11) is 0. The van der Waals surface area contributed by atoms with Gasteiger partial charge in [-0.1, -0.05) is 36.4 Å². The Morgan fingerprint density at radius 1 is 1.17 bits per heavy atom. The summed E-state index contributed by atoms with van der Waals surface area (Å²) < 4.78 is 0. The largest absolute Gasteiger partial charge is 0.0735 e. The molecule has 0 heterocycles. The highest BCUT2D eigenvalue weighted by Gasteiger charge is 2.09. The van der Waals surface area contributed by atoms with Gasteiger partial charge in [0, 0.05) is 5.92 Å². The van der Waals surface area contributed by atoms with E-state index in [-0.39, 0.29) is 0 Å². The van der Waals surface area contributed by atoms with Gasteiger partial charge in [0.05, 0.1) is 0 Å². The first-order chi connectivity index (χ1) is 5.97. The molecule has 12 heavy (non-hydrogen) atoms. The van der Waals surface area contributed by atoms with E-state index in [1.807, 2.05) is 0 Å². The van der Waals surface area contributed by atoms with Crippen molar-refractivity contribution in [2.75, 3.05) is 0 Å². The van der Waals surface area contributed by atoms with E-state index in [4.69, 9.17) is 0 Å². The molecule has 0 bridgehead atoms. The Morgan fingerprint density at radius 2 is 2.00 bits per heavy atom. The molecule has 1 aromatic rings. The molecule has 0 heteroatoms. The zero-order valence-electron chi connectivity index (χ0n) is 7.16. The molecule has 0 amide bonds. The van der Waals surface area contributed by atoms with Crippen molar-refractivity contribution < 1.29 is 0 Å². The summed E-state index contributed by atoms with van der Waals surface area (Å²) in [6.45, 7) is 0. The molecular formula is C12H13. The van der Waals surface area contributed by atoms with Gasteiger partial charge in [-0.15, -0.1) is 0 Å². The molecule has 0 aromatic heterocycles. The summed E-state index contributed by atoms with van der Waals surface area (Å²) in [6, 6.07) is 10.7. The van der Waals surface area contributed by atoms with Gasteiger partial charge < -0.3 is 0 Å². The summed E-state index contributed by atoms with van der Waals surface area (Å²) in [5.41, 5.74) is 1.43. The lowest BCUT2D eigenvalue weighted by molar-refractivity contribution is 0.645. The molecule has 1 radical (unpaired) electrons. The van der Waals surface area contributed by atoms with Crippen molar-refractivity contribution in [1.82, 2.24) is 0 Å². The Balaban J connectivity index is 2.19. The van der Waals surface area contributed by atoms with E-state index in [0.717, 1.165) is 6.42 Å². The Labute approximate surface area is 73.9 Å². The zero-order chi connectivity index (χ0) is 8.23. The van der Waals surface area contributed by atoms with Crippen molar-refractivity contribution in [3.05, 3.63) is 48.0 Å². The summed E-state index contributed by atoms with van der Waals surface area (Å²) in [5.74, 6) is 0.625. The molecule has 0 aliphatic heterocycles. The predicted octanol–water partition coefficient (Wildman–Crippen LogP) is 3.31. The number of allylic oxidation sites excluding steroid dienone is 2. The van der Waals surface area contributed by atoms with E-state index in [9.17, 15) is 0 Å². The van der Waals surface area contributed by atoms with Crippen LogP contribution in [0.3, 0.4) is 0 Å². The molecule has 1 aromatic carbocycles. The van der Waals surface area contributed by atoms with Gasteiger partial charge >= 0.3 is 0 Å². The first kappa shape index (κ1) is 7.60. The third kappa shape index (κ3) is 1.58. The minimum atomic E-state index is 0.625. The van der Waals surface area contributed by atoms with Crippen LogP contribution in [0.5, 0.6) is 0 Å². The van der Waals surface area contributed by atoms with E-state index in [0.29, 0.717) is 5.92 Å². The number of benzene rings is 1. The normalized spacial score (nSPS) is 22.5. The Morgan fingerprint density at radius 3 is 2.67 bits per heavy atom. The fourth-order valence-corrected chi connectivity index (χ4v) is 1.70. The second-order valence-corrected chi connectivity index (χ2v) is 3.28. The fraction of sp³-hybridized carbons (Fsp3) is 0.333. The molecule has 0 spiro atoms. The molecule has 1 atom stereocenters. The van der Waals surface area contributed by atoms with Crippen LogP contribution in [0.25, 0.3) is 0 Å². The minimum absolute atomic E-state index is 0.625. The Bertz CT molecular complexity index is 259. The Kier molecular flexibility index (Phi) is 2.26. The maximum atomic E-state index is 3.31. The molecule has 0 nitrogen and oxygen atoms in total. The van der Waals surface area contributed by atoms with Crippen LogP contribution < -0.4 is 0 Å². The third-order valence-electron chi connectivity index (χ3n) is 2.38. The molecule has 2 rings (SSSR count). The van der Waals surface area contributed by atoms with Gasteiger partial charge in [0.1, 0.15) is 0 Å². The molecule has 0 saturated heterocycles. The van der Waals surface area contributed by atoms with Crippen molar-refractivity contribution in [1.29, 1.82) is 0 Å². The summed E-state index contributed by atoms with van der Waals surface area (Å²) >= 11 is 0. The molecule has 1 unspecified atom stereocenters. The summed E-state index contributed by atoms with van der Waals surface area (Å²) in [5, 5.41) is 0. The first-order valence-corrected chi connectivity index (χ1v) is 4.58. The Hall–Kier alpha value is -1.04. The van der Waals surface area contributed by atoms with E-state index >= 15 is 0 Å². The lowest BCUT2D eigenvalue weighted by Crippen LogP contribution is -1.98. The van der Waals surface area contributed by atoms with Crippen LogP contribution in [-0.4, -0.2) is 0 Å². The van der Waals surface area contributed by atoms with Crippen molar-refractivity contribution in [3.63, 3.8) is 0 Å². The van der Waals surface area contributed by atoms with Crippen molar-refractivity contribution >= 4 is 0 Å². The average Bonchev–Trinajstić information content (AvgIpc) is 2.21. The van der Waals surface area contributed by atoms with Gasteiger partial charge in [-0.25, -0.2) is 0 Å². The quantitative estimate of drug-likeness (QED) is 0.586. The van der Waals surface area contributed by atoms with Gasteiger partial charge in [0.25, 0.3) is 0 Å². The fourth-order valence-electron chi connectivity index (χ4n) is 1.70. The van der Waals surface area contributed by atoms with Crippen molar-refractivity contribution in [2.45, 2.75) is 25.2 Å². The van der Waals surface area contributed by atoms with Crippen LogP contribution in [0.2, 0.25) is 0 Å². The molecule has 1 aliphatic rings. The maximum Gasteiger partial charge on any atom is 0.00240 e. The smallest absolute Gasteiger partial charge is 0.00240 e. The highest BCUT2D eigenvalue weighted by molar-refractivity contribution is 5.23. The lowest BCUT2D eigenvalue weighted by atomic mass is 9.89. The molecule has 0 saturated carbocycles. The molecular weight excluding hydrogens is 144 g/mol. The maximum absolute atomic E-state index is 3.31. The highest BCUT2D eigenvalue weighted by atomic mass is 14.1. The van der Waals surface area contributed by atoms with Gasteiger partial charge in [0.2, 0.25) is 0 Å². The zero-order valence-corrected chi connectivity index (χ0v) is 7.16. The van der Waals surface area contributed by atoms with Crippen LogP contribution >= 0.6 is 0 Å². The van der Waals surface area contributed by atoms with Gasteiger partial charge in [-0.05, 0) is 30.9 Å². The topological polar surface area (TPSA) is 0 Å². The average molecular weight is 157 g/mol. The first-order valence-electron chi connectivity index (χ1n) is 4.58. The second kappa shape index (κ2) is 3.57. The van der Waals surface area contributed by atoms with Crippen LogP contribution in [-0.2, 0) is 0 Å². The van der Waals surface area contributed by atoms with Crippen molar-refractivity contribution in [3.8, 4) is 0 Å². The number of rotatable bonds is 1. The van der Waals surface area contributed by atoms with Crippen LogP contribution in [0.1, 0.15) is 30.7 Å². The number of hydrogen-bond acceptors (Lipinski definition) is 0. The predicted molar refractivity (Wildman–Crippen MR) is 50.8 cm³/mol. The summed E-state index contributed by atoms with van der Waals surface area (Å²) in [4.78, 5) is 0. The van der Waals surface area contributed by atoms with Gasteiger partial charge in [-0.2, -0.15) is 0 Å². The molecule has 0 N–H and O–H groups in total. The standard InChI is InChI=1S/C12H13/c1-3-7-11(8-4-1)12-9-5-2-6-10-12/h1,3-4,7-8,10,12H,2,5,9H2. The van der Waals surface area contributed by atoms with E-state index < -0.39 is 0 Å². The van der Waals surface area contributed by atoms with E-state index in [1.165, 1.54) is 18.4 Å². The second-order valence-electron chi connectivity index (χ2n) is 3.28. The van der Waals surface area contributed by atoms with Crippen LogP contribution in [0, 0.1) is 6.08 Å². The SMILES string of the molecule is [C]1=CC(c2ccccc2)CCC1. The van der Waals surface area contributed by atoms with Crippen molar-refractivity contribution in [2.24, 2.45) is 0 Å². The highest BCUT2D eigenvalue weighted by Crippen LogP contribution is 2.26. The third-order valence-corrected chi connectivity index (χ3v) is 2.38. The monoisotopic (exact) mass is 157 g/mol. The van der Waals surface area contributed by atoms with Crippen LogP contribution in [0.4, 0.5) is 0 Å². The minimum Gasteiger partial charge on any atom is -0.0735 e. The summed E-state index contributed by atoms with van der Waals surface area (Å²) in [6.07, 6.45) is 9.25. The lowest BCUT2D eigenvalue weighted by Gasteiger charge is -2.15. The van der Waals surface area contributed by atoms with E-state index in [2.05, 4.69) is 42.5 Å². The van der Waals surface area contributed by atoms with Gasteiger partial charge in [0.15, 0.2) is 0 Å².